The maximum Gasteiger partial charge on any atom is 0.306 e. The summed E-state index contributed by atoms with van der Waals surface area (Å²) in [6, 6.07) is 0. The average molecular weight is 1100 g/mol. The molecule has 0 heterocycles. The lowest BCUT2D eigenvalue weighted by molar-refractivity contribution is -0.167. The van der Waals surface area contributed by atoms with Gasteiger partial charge in [0, 0.05) is 19.3 Å². The van der Waals surface area contributed by atoms with E-state index in [-0.39, 0.29) is 31.1 Å². The van der Waals surface area contributed by atoms with E-state index in [0.29, 0.717) is 19.3 Å². The molecule has 0 aliphatic heterocycles. The molecule has 1 unspecified atom stereocenters. The van der Waals surface area contributed by atoms with Crippen molar-refractivity contribution < 1.29 is 28.6 Å². The maximum absolute atomic E-state index is 12.9. The van der Waals surface area contributed by atoms with Crippen LogP contribution in [0.25, 0.3) is 0 Å². The van der Waals surface area contributed by atoms with Gasteiger partial charge in [-0.1, -0.05) is 346 Å². The number of hydrogen-bond acceptors (Lipinski definition) is 6. The minimum absolute atomic E-state index is 0.0644. The summed E-state index contributed by atoms with van der Waals surface area (Å²) in [5.74, 6) is -0.836. The van der Waals surface area contributed by atoms with E-state index >= 15 is 0 Å². The topological polar surface area (TPSA) is 78.9 Å². The lowest BCUT2D eigenvalue weighted by Gasteiger charge is -2.18. The van der Waals surface area contributed by atoms with Crippen LogP contribution in [-0.4, -0.2) is 37.2 Å². The van der Waals surface area contributed by atoms with Crippen LogP contribution in [0.15, 0.2) is 36.5 Å². The number of esters is 3. The molecule has 0 spiro atoms. The van der Waals surface area contributed by atoms with Crippen molar-refractivity contribution in [3.8, 4) is 0 Å². The zero-order valence-corrected chi connectivity index (χ0v) is 52.7. The molecule has 6 nitrogen and oxygen atoms in total. The summed E-state index contributed by atoms with van der Waals surface area (Å²) in [4.78, 5) is 38.3. The fourth-order valence-electron chi connectivity index (χ4n) is 10.6. The zero-order chi connectivity index (χ0) is 56.4. The molecule has 78 heavy (non-hydrogen) atoms. The Bertz CT molecular complexity index is 1300. The van der Waals surface area contributed by atoms with Gasteiger partial charge in [-0.2, -0.15) is 0 Å². The van der Waals surface area contributed by atoms with Gasteiger partial charge in [0.15, 0.2) is 6.10 Å². The molecule has 0 rings (SSSR count). The molecule has 0 fully saturated rings. The molecule has 0 aromatic heterocycles. The van der Waals surface area contributed by atoms with Gasteiger partial charge in [0.1, 0.15) is 13.2 Å². The minimum atomic E-state index is -0.766. The first-order valence-electron chi connectivity index (χ1n) is 35.0. The second-order valence-electron chi connectivity index (χ2n) is 23.8. The van der Waals surface area contributed by atoms with Crippen LogP contribution in [0.5, 0.6) is 0 Å². The fraction of sp³-hybridized carbons (Fsp3) is 0.875. The molecule has 0 radical (unpaired) electrons. The van der Waals surface area contributed by atoms with E-state index in [1.807, 2.05) is 0 Å². The highest BCUT2D eigenvalue weighted by Crippen LogP contribution is 2.18. The van der Waals surface area contributed by atoms with Crippen LogP contribution in [0.2, 0.25) is 0 Å². The highest BCUT2D eigenvalue weighted by atomic mass is 16.6. The molecule has 458 valence electrons. The fourth-order valence-corrected chi connectivity index (χ4v) is 10.6. The standard InChI is InChI=1S/C72H134O6/c1-4-7-10-13-16-19-22-25-27-28-29-30-31-32-33-34-35-36-37-38-39-40-41-42-43-44-46-47-50-53-56-59-62-65-71(74)77-68-69(67-76-70(73)64-61-58-55-52-49-24-21-18-15-12-9-6-3)78-72(75)66-63-60-57-54-51-48-45-26-23-20-17-14-11-8-5-2/h22,25,28-29,31-32,69H,4-21,23-24,26-27,30,33-68H2,1-3H3/b25-22-,29-28-,32-31-. The maximum atomic E-state index is 12.9. The van der Waals surface area contributed by atoms with Crippen molar-refractivity contribution in [1.29, 1.82) is 0 Å². The monoisotopic (exact) mass is 1100 g/mol. The second kappa shape index (κ2) is 67.1. The number of carbonyl (C=O) groups is 3. The summed E-state index contributed by atoms with van der Waals surface area (Å²) >= 11 is 0. The molecule has 0 aromatic carbocycles. The third-order valence-corrected chi connectivity index (χ3v) is 15.9. The zero-order valence-electron chi connectivity index (χ0n) is 52.7. The van der Waals surface area contributed by atoms with Crippen LogP contribution in [-0.2, 0) is 28.6 Å². The first-order chi connectivity index (χ1) is 38.5. The number of rotatable bonds is 65. The van der Waals surface area contributed by atoms with E-state index in [9.17, 15) is 14.4 Å². The number of carbonyl (C=O) groups excluding carboxylic acids is 3. The van der Waals surface area contributed by atoms with Crippen molar-refractivity contribution in [2.45, 2.75) is 393 Å². The highest BCUT2D eigenvalue weighted by molar-refractivity contribution is 5.71. The molecule has 0 bridgehead atoms. The van der Waals surface area contributed by atoms with Gasteiger partial charge in [-0.3, -0.25) is 14.4 Å². The largest absolute Gasteiger partial charge is 0.462 e. The van der Waals surface area contributed by atoms with E-state index in [1.165, 1.54) is 276 Å². The minimum Gasteiger partial charge on any atom is -0.462 e. The van der Waals surface area contributed by atoms with Gasteiger partial charge in [0.25, 0.3) is 0 Å². The van der Waals surface area contributed by atoms with Gasteiger partial charge in [0.05, 0.1) is 0 Å². The number of hydrogen-bond donors (Lipinski definition) is 0. The summed E-state index contributed by atoms with van der Waals surface area (Å²) < 4.78 is 17.0. The lowest BCUT2D eigenvalue weighted by Crippen LogP contribution is -2.30. The van der Waals surface area contributed by atoms with E-state index in [0.717, 1.165) is 70.6 Å². The quantitative estimate of drug-likeness (QED) is 0.0261. The van der Waals surface area contributed by atoms with E-state index < -0.39 is 6.10 Å². The molecular formula is C72H134O6. The van der Waals surface area contributed by atoms with Crippen LogP contribution < -0.4 is 0 Å². The van der Waals surface area contributed by atoms with Crippen molar-refractivity contribution in [2.24, 2.45) is 0 Å². The molecule has 0 aliphatic rings. The Balaban J connectivity index is 4.08. The van der Waals surface area contributed by atoms with E-state index in [1.54, 1.807) is 0 Å². The molecular weight excluding hydrogens is 961 g/mol. The van der Waals surface area contributed by atoms with Crippen LogP contribution in [0.3, 0.4) is 0 Å². The van der Waals surface area contributed by atoms with Gasteiger partial charge in [-0.05, 0) is 57.8 Å². The first kappa shape index (κ1) is 75.6. The van der Waals surface area contributed by atoms with Crippen LogP contribution in [0.4, 0.5) is 0 Å². The Morgan fingerprint density at radius 1 is 0.256 bits per heavy atom. The molecule has 0 saturated carbocycles. The molecule has 0 aliphatic carbocycles. The summed E-state index contributed by atoms with van der Waals surface area (Å²) in [6.07, 6.45) is 83.2. The summed E-state index contributed by atoms with van der Waals surface area (Å²) in [5, 5.41) is 0. The summed E-state index contributed by atoms with van der Waals surface area (Å²) in [6.45, 7) is 6.69. The van der Waals surface area contributed by atoms with Crippen molar-refractivity contribution in [1.82, 2.24) is 0 Å². The summed E-state index contributed by atoms with van der Waals surface area (Å²) in [7, 11) is 0. The Morgan fingerprint density at radius 3 is 0.718 bits per heavy atom. The van der Waals surface area contributed by atoms with Crippen molar-refractivity contribution in [3.63, 3.8) is 0 Å². The molecule has 1 atom stereocenters. The van der Waals surface area contributed by atoms with Crippen LogP contribution >= 0.6 is 0 Å². The van der Waals surface area contributed by atoms with Gasteiger partial charge in [0.2, 0.25) is 0 Å². The molecule has 6 heteroatoms. The predicted octanol–water partition coefficient (Wildman–Crippen LogP) is 23.9. The normalized spacial score (nSPS) is 12.2. The lowest BCUT2D eigenvalue weighted by atomic mass is 10.0. The Hall–Kier alpha value is -2.37. The Morgan fingerprint density at radius 2 is 0.462 bits per heavy atom. The number of unbranched alkanes of at least 4 members (excludes halogenated alkanes) is 48. The number of allylic oxidation sites excluding steroid dienone is 6. The highest BCUT2D eigenvalue weighted by Gasteiger charge is 2.19. The summed E-state index contributed by atoms with van der Waals surface area (Å²) in [5.41, 5.74) is 0. The van der Waals surface area contributed by atoms with Gasteiger partial charge in [-0.25, -0.2) is 0 Å². The third-order valence-electron chi connectivity index (χ3n) is 15.9. The van der Waals surface area contributed by atoms with Gasteiger partial charge >= 0.3 is 17.9 Å². The smallest absolute Gasteiger partial charge is 0.306 e. The molecule has 0 N–H and O–H groups in total. The van der Waals surface area contributed by atoms with Crippen LogP contribution in [0, 0.1) is 0 Å². The predicted molar refractivity (Wildman–Crippen MR) is 339 cm³/mol. The van der Waals surface area contributed by atoms with Crippen molar-refractivity contribution in [2.75, 3.05) is 13.2 Å². The SMILES string of the molecule is CCCCCCC/C=C\C/C=C\C/C=C\CCCCCCCCCCCCCCCCCCCCC(=O)OCC(COC(=O)CCCCCCCCCCCCCC)OC(=O)CCCCCCCCCCCCCCCCC. The van der Waals surface area contributed by atoms with Gasteiger partial charge < -0.3 is 14.2 Å². The van der Waals surface area contributed by atoms with Crippen molar-refractivity contribution in [3.05, 3.63) is 36.5 Å². The molecule has 0 aromatic rings. The second-order valence-corrected chi connectivity index (χ2v) is 23.8. The Kier molecular flexibility index (Phi) is 65.1. The Labute approximate surface area is 486 Å². The molecule has 0 saturated heterocycles. The number of ether oxygens (including phenoxy) is 3. The first-order valence-corrected chi connectivity index (χ1v) is 35.0. The van der Waals surface area contributed by atoms with Gasteiger partial charge in [-0.15, -0.1) is 0 Å². The average Bonchev–Trinajstić information content (AvgIpc) is 3.44. The third kappa shape index (κ3) is 64.5. The van der Waals surface area contributed by atoms with Crippen molar-refractivity contribution >= 4 is 17.9 Å². The van der Waals surface area contributed by atoms with Crippen LogP contribution in [0.1, 0.15) is 387 Å². The molecule has 0 amide bonds. The van der Waals surface area contributed by atoms with E-state index in [4.69, 9.17) is 14.2 Å². The van der Waals surface area contributed by atoms with E-state index in [2.05, 4.69) is 57.2 Å².